The second kappa shape index (κ2) is 7.73. The van der Waals surface area contributed by atoms with Crippen LogP contribution in [0.25, 0.3) is 0 Å². The lowest BCUT2D eigenvalue weighted by atomic mass is 10.0. The molecule has 0 atom stereocenters. The summed E-state index contributed by atoms with van der Waals surface area (Å²) in [5.41, 5.74) is 0. The maximum Gasteiger partial charge on any atom is 0.214 e. The summed E-state index contributed by atoms with van der Waals surface area (Å²) in [5.74, 6) is 0.280. The summed E-state index contributed by atoms with van der Waals surface area (Å²) in [6, 6.07) is 0.610. The van der Waals surface area contributed by atoms with Gasteiger partial charge in [-0.3, -0.25) is 0 Å². The summed E-state index contributed by atoms with van der Waals surface area (Å²) >= 11 is 0. The van der Waals surface area contributed by atoms with Crippen molar-refractivity contribution in [3.63, 3.8) is 0 Å². The molecule has 0 aromatic rings. The maximum atomic E-state index is 12.2. The molecule has 6 heteroatoms. The molecule has 5 nitrogen and oxygen atoms in total. The van der Waals surface area contributed by atoms with Crippen LogP contribution in [0.2, 0.25) is 0 Å². The minimum absolute atomic E-state index is 0.280. The lowest BCUT2D eigenvalue weighted by Crippen LogP contribution is -2.48. The third kappa shape index (κ3) is 4.41. The Hall–Kier alpha value is -0.170. The van der Waals surface area contributed by atoms with E-state index in [2.05, 4.69) is 10.2 Å². The lowest BCUT2D eigenvalue weighted by Gasteiger charge is -2.39. The van der Waals surface area contributed by atoms with Gasteiger partial charge in [0, 0.05) is 19.1 Å². The SMILES string of the molecule is CNCCCS(=O)(=O)N1CCC(N2CCCCC2)CC1. The minimum Gasteiger partial charge on any atom is -0.320 e. The molecule has 0 aromatic heterocycles. The second-order valence-corrected chi connectivity index (χ2v) is 8.09. The predicted octanol–water partition coefficient (Wildman–Crippen LogP) is 0.876. The molecule has 2 rings (SSSR count). The van der Waals surface area contributed by atoms with E-state index in [4.69, 9.17) is 0 Å². The fourth-order valence-corrected chi connectivity index (χ4v) is 4.86. The van der Waals surface area contributed by atoms with Crippen molar-refractivity contribution in [3.05, 3.63) is 0 Å². The molecule has 2 fully saturated rings. The van der Waals surface area contributed by atoms with Crippen molar-refractivity contribution >= 4 is 10.0 Å². The number of rotatable bonds is 6. The quantitative estimate of drug-likeness (QED) is 0.740. The Kier molecular flexibility index (Phi) is 6.26. The summed E-state index contributed by atoms with van der Waals surface area (Å²) in [7, 11) is -1.18. The zero-order valence-corrected chi connectivity index (χ0v) is 13.5. The lowest BCUT2D eigenvalue weighted by molar-refractivity contribution is 0.118. The zero-order chi connectivity index (χ0) is 14.4. The third-order valence-corrected chi connectivity index (χ3v) is 6.51. The van der Waals surface area contributed by atoms with E-state index in [0.717, 1.165) is 19.4 Å². The number of hydrogen-bond donors (Lipinski definition) is 1. The molecule has 20 heavy (non-hydrogen) atoms. The van der Waals surface area contributed by atoms with Crippen LogP contribution in [0.15, 0.2) is 0 Å². The van der Waals surface area contributed by atoms with Crippen LogP contribution in [0, 0.1) is 0 Å². The highest BCUT2D eigenvalue weighted by atomic mass is 32.2. The Morgan fingerprint density at radius 3 is 2.30 bits per heavy atom. The van der Waals surface area contributed by atoms with E-state index in [1.165, 1.54) is 32.4 Å². The molecule has 118 valence electrons. The van der Waals surface area contributed by atoms with E-state index >= 15 is 0 Å². The van der Waals surface area contributed by atoms with Crippen molar-refractivity contribution in [1.82, 2.24) is 14.5 Å². The number of hydrogen-bond acceptors (Lipinski definition) is 4. The van der Waals surface area contributed by atoms with Crippen LogP contribution in [0.4, 0.5) is 0 Å². The van der Waals surface area contributed by atoms with Gasteiger partial charge in [-0.25, -0.2) is 12.7 Å². The third-order valence-electron chi connectivity index (χ3n) is 4.55. The van der Waals surface area contributed by atoms with Crippen LogP contribution in [0.3, 0.4) is 0 Å². The first-order valence-corrected chi connectivity index (χ1v) is 9.61. The molecule has 0 unspecified atom stereocenters. The summed E-state index contributed by atoms with van der Waals surface area (Å²) in [6.45, 7) is 4.61. The number of nitrogens with one attached hydrogen (secondary N) is 1. The molecular formula is C14H29N3O2S. The first-order valence-electron chi connectivity index (χ1n) is 8.00. The van der Waals surface area contributed by atoms with Gasteiger partial charge in [0.15, 0.2) is 0 Å². The molecule has 2 heterocycles. The van der Waals surface area contributed by atoms with Gasteiger partial charge >= 0.3 is 0 Å². The van der Waals surface area contributed by atoms with E-state index in [1.807, 2.05) is 7.05 Å². The molecule has 0 aliphatic carbocycles. The Bertz CT molecular complexity index is 372. The largest absolute Gasteiger partial charge is 0.320 e. The van der Waals surface area contributed by atoms with Crippen LogP contribution in [0.5, 0.6) is 0 Å². The van der Waals surface area contributed by atoms with Gasteiger partial charge in [-0.2, -0.15) is 0 Å². The molecule has 0 spiro atoms. The predicted molar refractivity (Wildman–Crippen MR) is 82.3 cm³/mol. The number of nitrogens with zero attached hydrogens (tertiary/aromatic N) is 2. The van der Waals surface area contributed by atoms with Crippen LogP contribution in [0.1, 0.15) is 38.5 Å². The minimum atomic E-state index is -3.03. The first-order chi connectivity index (χ1) is 9.63. The molecule has 0 saturated carbocycles. The average Bonchev–Trinajstić information content (AvgIpc) is 2.48. The molecule has 2 aliphatic heterocycles. The monoisotopic (exact) mass is 303 g/mol. The molecule has 2 saturated heterocycles. The fraction of sp³-hybridized carbons (Fsp3) is 1.00. The number of sulfonamides is 1. The van der Waals surface area contributed by atoms with Crippen molar-refractivity contribution in [2.75, 3.05) is 45.5 Å². The van der Waals surface area contributed by atoms with E-state index < -0.39 is 10.0 Å². The van der Waals surface area contributed by atoms with Crippen LogP contribution in [-0.2, 0) is 10.0 Å². The van der Waals surface area contributed by atoms with Gasteiger partial charge in [0.05, 0.1) is 5.75 Å². The van der Waals surface area contributed by atoms with Gasteiger partial charge in [-0.1, -0.05) is 6.42 Å². The summed E-state index contributed by atoms with van der Waals surface area (Å²) < 4.78 is 26.2. The molecule has 1 N–H and O–H groups in total. The van der Waals surface area contributed by atoms with Gasteiger partial charge < -0.3 is 10.2 Å². The van der Waals surface area contributed by atoms with Gasteiger partial charge in [-0.15, -0.1) is 0 Å². The molecule has 0 aromatic carbocycles. The van der Waals surface area contributed by atoms with E-state index in [0.29, 0.717) is 25.6 Å². The fourth-order valence-electron chi connectivity index (χ4n) is 3.33. The molecular weight excluding hydrogens is 274 g/mol. The zero-order valence-electron chi connectivity index (χ0n) is 12.7. The van der Waals surface area contributed by atoms with Crippen LogP contribution < -0.4 is 5.32 Å². The van der Waals surface area contributed by atoms with Crippen molar-refractivity contribution < 1.29 is 8.42 Å². The van der Waals surface area contributed by atoms with E-state index in [-0.39, 0.29) is 5.75 Å². The average molecular weight is 303 g/mol. The van der Waals surface area contributed by atoms with Crippen molar-refractivity contribution in [1.29, 1.82) is 0 Å². The normalized spacial score (nSPS) is 24.1. The van der Waals surface area contributed by atoms with Gasteiger partial charge in [0.25, 0.3) is 0 Å². The highest BCUT2D eigenvalue weighted by Gasteiger charge is 2.30. The summed E-state index contributed by atoms with van der Waals surface area (Å²) in [4.78, 5) is 2.58. The number of likely N-dealkylation sites (tertiary alicyclic amines) is 1. The smallest absolute Gasteiger partial charge is 0.214 e. The second-order valence-electron chi connectivity index (χ2n) is 6.00. The van der Waals surface area contributed by atoms with Crippen molar-refractivity contribution in [3.8, 4) is 0 Å². The Balaban J connectivity index is 1.78. The summed E-state index contributed by atoms with van der Waals surface area (Å²) in [5, 5.41) is 3.00. The van der Waals surface area contributed by atoms with Gasteiger partial charge in [0.2, 0.25) is 10.0 Å². The highest BCUT2D eigenvalue weighted by Crippen LogP contribution is 2.22. The van der Waals surface area contributed by atoms with E-state index in [1.54, 1.807) is 4.31 Å². The Labute approximate surface area is 123 Å². The molecule has 0 amide bonds. The van der Waals surface area contributed by atoms with Gasteiger partial charge in [0.1, 0.15) is 0 Å². The number of piperidine rings is 2. The van der Waals surface area contributed by atoms with Crippen LogP contribution in [-0.4, -0.2) is 69.2 Å². The first kappa shape index (κ1) is 16.2. The van der Waals surface area contributed by atoms with E-state index in [9.17, 15) is 8.42 Å². The highest BCUT2D eigenvalue weighted by molar-refractivity contribution is 7.89. The molecule has 2 aliphatic rings. The maximum absolute atomic E-state index is 12.2. The standard InChI is InChI=1S/C14H29N3O2S/c1-15-8-5-13-20(18,19)17-11-6-14(7-12-17)16-9-3-2-4-10-16/h14-15H,2-13H2,1H3. The molecule has 0 bridgehead atoms. The van der Waals surface area contributed by atoms with Crippen molar-refractivity contribution in [2.24, 2.45) is 0 Å². The van der Waals surface area contributed by atoms with Crippen molar-refractivity contribution in [2.45, 2.75) is 44.6 Å². The van der Waals surface area contributed by atoms with Gasteiger partial charge in [-0.05, 0) is 58.8 Å². The Morgan fingerprint density at radius 2 is 1.70 bits per heavy atom. The Morgan fingerprint density at radius 1 is 1.05 bits per heavy atom. The van der Waals surface area contributed by atoms with Crippen LogP contribution >= 0.6 is 0 Å². The topological polar surface area (TPSA) is 52.7 Å². The summed E-state index contributed by atoms with van der Waals surface area (Å²) in [6.07, 6.45) is 6.68. The molecule has 0 radical (unpaired) electrons.